The maximum Gasteiger partial charge on any atom is 0.339 e. The molecule has 1 atom stereocenters. The van der Waals surface area contributed by atoms with Gasteiger partial charge in [0.25, 0.3) is 0 Å². The number of carboxylic acid groups (broad SMARTS) is 1. The lowest BCUT2D eigenvalue weighted by Gasteiger charge is -2.16. The van der Waals surface area contributed by atoms with Gasteiger partial charge in [0.2, 0.25) is 0 Å². The van der Waals surface area contributed by atoms with Crippen LogP contribution in [0.3, 0.4) is 0 Å². The summed E-state index contributed by atoms with van der Waals surface area (Å²) in [6.07, 6.45) is 2.47. The summed E-state index contributed by atoms with van der Waals surface area (Å²) in [5, 5.41) is 9.17. The van der Waals surface area contributed by atoms with Crippen LogP contribution in [-0.4, -0.2) is 36.2 Å². The summed E-state index contributed by atoms with van der Waals surface area (Å²) in [6, 6.07) is 5.41. The molecule has 1 heterocycles. The van der Waals surface area contributed by atoms with E-state index in [4.69, 9.17) is 9.84 Å². The van der Waals surface area contributed by atoms with Crippen LogP contribution in [0.1, 0.15) is 35.7 Å². The van der Waals surface area contributed by atoms with Crippen LogP contribution < -0.4 is 4.74 Å². The van der Waals surface area contributed by atoms with Crippen LogP contribution in [0.4, 0.5) is 0 Å². The molecule has 4 heteroatoms. The second-order valence-corrected chi connectivity index (χ2v) is 5.14. The van der Waals surface area contributed by atoms with E-state index in [0.29, 0.717) is 5.75 Å². The molecule has 0 radical (unpaired) electrons. The van der Waals surface area contributed by atoms with E-state index in [0.717, 1.165) is 31.1 Å². The Balaban J connectivity index is 2.09. The molecule has 19 heavy (non-hydrogen) atoms. The lowest BCUT2D eigenvalue weighted by Crippen LogP contribution is -2.20. The first kappa shape index (κ1) is 13.9. The number of rotatable bonds is 5. The van der Waals surface area contributed by atoms with Crippen LogP contribution >= 0.6 is 0 Å². The van der Waals surface area contributed by atoms with Crippen molar-refractivity contribution < 1.29 is 14.6 Å². The fourth-order valence-corrected chi connectivity index (χ4v) is 2.67. The van der Waals surface area contributed by atoms with Crippen LogP contribution in [0.15, 0.2) is 18.2 Å². The second kappa shape index (κ2) is 6.06. The summed E-state index contributed by atoms with van der Waals surface area (Å²) < 4.78 is 5.07. The summed E-state index contributed by atoms with van der Waals surface area (Å²) in [5.74, 6) is 0.271. The smallest absolute Gasteiger partial charge is 0.339 e. The highest BCUT2D eigenvalue weighted by molar-refractivity contribution is 5.91. The van der Waals surface area contributed by atoms with Gasteiger partial charge >= 0.3 is 5.97 Å². The number of aromatic carboxylic acids is 1. The van der Waals surface area contributed by atoms with Gasteiger partial charge in [0, 0.05) is 13.1 Å². The zero-order valence-corrected chi connectivity index (χ0v) is 11.6. The predicted molar refractivity (Wildman–Crippen MR) is 73.6 cm³/mol. The zero-order chi connectivity index (χ0) is 13.8. The number of methoxy groups -OCH3 is 1. The highest BCUT2D eigenvalue weighted by Crippen LogP contribution is 2.24. The van der Waals surface area contributed by atoms with Crippen molar-refractivity contribution in [1.82, 2.24) is 4.90 Å². The Bertz CT molecular complexity index is 459. The molecule has 2 rings (SSSR count). The van der Waals surface area contributed by atoms with Crippen LogP contribution in [0.5, 0.6) is 5.75 Å². The molecule has 0 aliphatic carbocycles. The Morgan fingerprint density at radius 1 is 1.53 bits per heavy atom. The standard InChI is InChI=1S/C15H21NO3/c1-3-11-6-7-16(9-11)10-12-4-5-14(19-2)13(8-12)15(17)18/h4-5,8,11H,3,6-7,9-10H2,1-2H3,(H,17,18). The molecule has 1 N–H and O–H groups in total. The van der Waals surface area contributed by atoms with Crippen molar-refractivity contribution in [2.75, 3.05) is 20.2 Å². The number of likely N-dealkylation sites (tertiary alicyclic amines) is 1. The quantitative estimate of drug-likeness (QED) is 0.887. The van der Waals surface area contributed by atoms with Gasteiger partial charge in [-0.25, -0.2) is 4.79 Å². The number of hydrogen-bond donors (Lipinski definition) is 1. The van der Waals surface area contributed by atoms with Crippen molar-refractivity contribution in [3.05, 3.63) is 29.3 Å². The minimum absolute atomic E-state index is 0.242. The van der Waals surface area contributed by atoms with E-state index in [1.165, 1.54) is 20.0 Å². The van der Waals surface area contributed by atoms with Crippen molar-refractivity contribution in [1.29, 1.82) is 0 Å². The monoisotopic (exact) mass is 263 g/mol. The minimum Gasteiger partial charge on any atom is -0.496 e. The summed E-state index contributed by atoms with van der Waals surface area (Å²) in [5.41, 5.74) is 1.28. The Hall–Kier alpha value is -1.55. The molecular weight excluding hydrogens is 242 g/mol. The largest absolute Gasteiger partial charge is 0.496 e. The number of nitrogens with zero attached hydrogens (tertiary/aromatic N) is 1. The van der Waals surface area contributed by atoms with Gasteiger partial charge < -0.3 is 9.84 Å². The van der Waals surface area contributed by atoms with Gasteiger partial charge in [0.05, 0.1) is 7.11 Å². The summed E-state index contributed by atoms with van der Waals surface area (Å²) in [4.78, 5) is 13.6. The fraction of sp³-hybridized carbons (Fsp3) is 0.533. The first-order chi connectivity index (χ1) is 9.13. The van der Waals surface area contributed by atoms with E-state index in [9.17, 15) is 4.79 Å². The Labute approximate surface area is 114 Å². The third-order valence-electron chi connectivity index (χ3n) is 3.85. The van der Waals surface area contributed by atoms with Crippen LogP contribution in [0.25, 0.3) is 0 Å². The van der Waals surface area contributed by atoms with Crippen molar-refractivity contribution in [3.8, 4) is 5.75 Å². The molecule has 0 saturated carbocycles. The molecule has 0 aromatic heterocycles. The Kier molecular flexibility index (Phi) is 4.43. The van der Waals surface area contributed by atoms with Crippen LogP contribution in [-0.2, 0) is 6.54 Å². The molecule has 0 amide bonds. The van der Waals surface area contributed by atoms with E-state index < -0.39 is 5.97 Å². The number of ether oxygens (including phenoxy) is 1. The number of carbonyl (C=O) groups is 1. The van der Waals surface area contributed by atoms with Crippen LogP contribution in [0.2, 0.25) is 0 Å². The van der Waals surface area contributed by atoms with Crippen molar-refractivity contribution in [3.63, 3.8) is 0 Å². The Morgan fingerprint density at radius 2 is 2.32 bits per heavy atom. The van der Waals surface area contributed by atoms with Crippen molar-refractivity contribution in [2.45, 2.75) is 26.3 Å². The number of carboxylic acids is 1. The Morgan fingerprint density at radius 3 is 2.89 bits per heavy atom. The number of benzene rings is 1. The third-order valence-corrected chi connectivity index (χ3v) is 3.85. The van der Waals surface area contributed by atoms with Gasteiger partial charge in [-0.05, 0) is 36.6 Å². The highest BCUT2D eigenvalue weighted by Gasteiger charge is 2.21. The van der Waals surface area contributed by atoms with E-state index in [2.05, 4.69) is 11.8 Å². The lowest BCUT2D eigenvalue weighted by molar-refractivity contribution is 0.0693. The van der Waals surface area contributed by atoms with Gasteiger partial charge in [-0.2, -0.15) is 0 Å². The number of hydrogen-bond acceptors (Lipinski definition) is 3. The topological polar surface area (TPSA) is 49.8 Å². The van der Waals surface area contributed by atoms with Crippen molar-refractivity contribution >= 4 is 5.97 Å². The summed E-state index contributed by atoms with van der Waals surface area (Å²) in [7, 11) is 1.49. The minimum atomic E-state index is -0.938. The lowest BCUT2D eigenvalue weighted by atomic mass is 10.1. The molecule has 1 aromatic rings. The van der Waals surface area contributed by atoms with E-state index in [1.807, 2.05) is 6.07 Å². The van der Waals surface area contributed by atoms with Gasteiger partial charge in [0.15, 0.2) is 0 Å². The van der Waals surface area contributed by atoms with Gasteiger partial charge in [-0.1, -0.05) is 19.4 Å². The van der Waals surface area contributed by atoms with Crippen molar-refractivity contribution in [2.24, 2.45) is 5.92 Å². The van der Waals surface area contributed by atoms with E-state index >= 15 is 0 Å². The first-order valence-electron chi connectivity index (χ1n) is 6.76. The van der Waals surface area contributed by atoms with E-state index in [-0.39, 0.29) is 5.56 Å². The average molecular weight is 263 g/mol. The molecule has 4 nitrogen and oxygen atoms in total. The van der Waals surface area contributed by atoms with Gasteiger partial charge in [-0.3, -0.25) is 4.90 Å². The molecule has 1 fully saturated rings. The van der Waals surface area contributed by atoms with Gasteiger partial charge in [0.1, 0.15) is 11.3 Å². The first-order valence-corrected chi connectivity index (χ1v) is 6.76. The maximum absolute atomic E-state index is 11.2. The second-order valence-electron chi connectivity index (χ2n) is 5.14. The molecule has 1 aliphatic heterocycles. The third kappa shape index (κ3) is 3.26. The highest BCUT2D eigenvalue weighted by atomic mass is 16.5. The SMILES string of the molecule is CCC1CCN(Cc2ccc(OC)c(C(=O)O)c2)C1. The molecule has 1 unspecified atom stereocenters. The molecule has 1 aromatic carbocycles. The summed E-state index contributed by atoms with van der Waals surface area (Å²) in [6.45, 7) is 5.27. The summed E-state index contributed by atoms with van der Waals surface area (Å²) >= 11 is 0. The predicted octanol–water partition coefficient (Wildman–Crippen LogP) is 2.63. The molecule has 1 aliphatic rings. The molecule has 1 saturated heterocycles. The van der Waals surface area contributed by atoms with Crippen LogP contribution in [0, 0.1) is 5.92 Å². The molecular formula is C15H21NO3. The zero-order valence-electron chi connectivity index (χ0n) is 11.6. The average Bonchev–Trinajstić information content (AvgIpc) is 2.86. The fourth-order valence-electron chi connectivity index (χ4n) is 2.67. The normalized spacial score (nSPS) is 19.6. The maximum atomic E-state index is 11.2. The molecule has 104 valence electrons. The molecule has 0 spiro atoms. The van der Waals surface area contributed by atoms with E-state index in [1.54, 1.807) is 12.1 Å². The molecule has 0 bridgehead atoms. The van der Waals surface area contributed by atoms with Gasteiger partial charge in [-0.15, -0.1) is 0 Å².